The molecule has 264 valence electrons. The summed E-state index contributed by atoms with van der Waals surface area (Å²) < 4.78 is 34.0. The molecule has 2 fully saturated rings. The molecule has 2 aliphatic rings. The van der Waals surface area contributed by atoms with Crippen molar-refractivity contribution in [3.8, 4) is 11.5 Å². The van der Waals surface area contributed by atoms with E-state index in [-0.39, 0.29) is 10.8 Å². The van der Waals surface area contributed by atoms with E-state index in [1.807, 2.05) is 55.5 Å². The van der Waals surface area contributed by atoms with E-state index in [9.17, 15) is 0 Å². The van der Waals surface area contributed by atoms with Crippen LogP contribution in [0.25, 0.3) is 6.08 Å². The van der Waals surface area contributed by atoms with Crippen molar-refractivity contribution in [1.82, 2.24) is 0 Å². The molecular weight excluding hydrogens is 616 g/mol. The van der Waals surface area contributed by atoms with Crippen LogP contribution in [0, 0.1) is 10.8 Å². The number of ether oxygens (including phenoxy) is 6. The molecule has 0 unspecified atom stereocenters. The molecule has 2 heterocycles. The first-order valence-corrected chi connectivity index (χ1v) is 17.7. The number of nitrogens with one attached hydrogen (secondary N) is 2. The Morgan fingerprint density at radius 1 is 0.673 bits per heavy atom. The van der Waals surface area contributed by atoms with Crippen molar-refractivity contribution in [2.24, 2.45) is 10.8 Å². The summed E-state index contributed by atoms with van der Waals surface area (Å²) in [4.78, 5) is 0. The molecule has 2 N–H and O–H groups in total. The van der Waals surface area contributed by atoms with Crippen LogP contribution in [0.15, 0.2) is 90.6 Å². The topological polar surface area (TPSA) is 79.4 Å². The molecule has 3 aromatic rings. The molecule has 0 aliphatic carbocycles. The Hall–Kier alpha value is -3.82. The van der Waals surface area contributed by atoms with Gasteiger partial charge in [-0.25, -0.2) is 0 Å². The zero-order chi connectivity index (χ0) is 34.2. The second-order valence-corrected chi connectivity index (χ2v) is 13.8. The standard InChI is InChI=1S/C41H54N2O6/c1-4-34(42-35-14-18-38(19-15-35)48-24-7-5-22-44-27-40(2)29-46-30-40)13-12-33-10-9-11-37(26-33)43-36-16-20-39(21-17-36)49-25-8-6-23-45-28-41(3)31-47-32-41/h4,9-21,26,42-43H,5-8,22-25,27-32H2,1-3H3/b13-12-,34-4+. The van der Waals surface area contributed by atoms with Gasteiger partial charge in [0.05, 0.1) is 52.9 Å². The van der Waals surface area contributed by atoms with Gasteiger partial charge in [-0.05, 0) is 105 Å². The van der Waals surface area contributed by atoms with Crippen LogP contribution in [0.1, 0.15) is 52.0 Å². The van der Waals surface area contributed by atoms with Crippen LogP contribution in [0.2, 0.25) is 0 Å². The number of hydrogen-bond donors (Lipinski definition) is 2. The minimum atomic E-state index is 0.212. The number of hydrogen-bond acceptors (Lipinski definition) is 8. The van der Waals surface area contributed by atoms with Gasteiger partial charge in [-0.15, -0.1) is 0 Å². The summed E-state index contributed by atoms with van der Waals surface area (Å²) in [5.74, 6) is 1.74. The molecule has 8 heteroatoms. The van der Waals surface area contributed by atoms with Gasteiger partial charge in [0.2, 0.25) is 0 Å². The Balaban J connectivity index is 0.972. The average Bonchev–Trinajstić information content (AvgIpc) is 3.09. The maximum Gasteiger partial charge on any atom is 0.119 e. The Labute approximate surface area is 292 Å². The van der Waals surface area contributed by atoms with Gasteiger partial charge in [0.25, 0.3) is 0 Å². The smallest absolute Gasteiger partial charge is 0.119 e. The monoisotopic (exact) mass is 670 g/mol. The number of unbranched alkanes of at least 4 members (excludes halogenated alkanes) is 2. The van der Waals surface area contributed by atoms with E-state index in [1.165, 1.54) is 0 Å². The van der Waals surface area contributed by atoms with E-state index in [2.05, 4.69) is 67.0 Å². The second-order valence-electron chi connectivity index (χ2n) is 13.8. The SMILES string of the molecule is C/C=C(\C=C/c1cccc(Nc2ccc(OCCCCOCC3(C)COC3)cc2)c1)Nc1ccc(OCCCCOCC2(C)COC2)cc1. The maximum atomic E-state index is 5.93. The lowest BCUT2D eigenvalue weighted by molar-refractivity contribution is -0.138. The van der Waals surface area contributed by atoms with Crippen LogP contribution in [0.3, 0.4) is 0 Å². The van der Waals surface area contributed by atoms with Crippen molar-refractivity contribution >= 4 is 23.1 Å². The maximum absolute atomic E-state index is 5.93. The van der Waals surface area contributed by atoms with Gasteiger partial charge in [0.15, 0.2) is 0 Å². The molecule has 0 spiro atoms. The molecule has 0 amide bonds. The number of allylic oxidation sites excluding steroid dienone is 2. The predicted molar refractivity (Wildman–Crippen MR) is 198 cm³/mol. The van der Waals surface area contributed by atoms with Crippen LogP contribution in [0.5, 0.6) is 11.5 Å². The minimum absolute atomic E-state index is 0.212. The first kappa shape index (κ1) is 36.5. The quantitative estimate of drug-likeness (QED) is 0.0811. The molecule has 0 saturated carbocycles. The first-order valence-electron chi connectivity index (χ1n) is 17.7. The summed E-state index contributed by atoms with van der Waals surface area (Å²) >= 11 is 0. The summed E-state index contributed by atoms with van der Waals surface area (Å²) in [7, 11) is 0. The van der Waals surface area contributed by atoms with Gasteiger partial charge >= 0.3 is 0 Å². The van der Waals surface area contributed by atoms with E-state index in [0.29, 0.717) is 13.2 Å². The molecule has 0 aromatic heterocycles. The summed E-state index contributed by atoms with van der Waals surface area (Å²) in [5.41, 5.74) is 5.58. The fourth-order valence-corrected chi connectivity index (χ4v) is 5.42. The Morgan fingerprint density at radius 2 is 1.20 bits per heavy atom. The molecule has 0 radical (unpaired) electrons. The van der Waals surface area contributed by atoms with Crippen molar-refractivity contribution < 1.29 is 28.4 Å². The summed E-state index contributed by atoms with van der Waals surface area (Å²) in [5, 5.41) is 6.99. The molecular formula is C41H54N2O6. The van der Waals surface area contributed by atoms with Crippen molar-refractivity contribution in [1.29, 1.82) is 0 Å². The molecule has 2 aliphatic heterocycles. The molecule has 3 aromatic carbocycles. The predicted octanol–water partition coefficient (Wildman–Crippen LogP) is 8.88. The fraction of sp³-hybridized carbons (Fsp3) is 0.463. The average molecular weight is 671 g/mol. The molecule has 0 atom stereocenters. The third-order valence-electron chi connectivity index (χ3n) is 8.55. The summed E-state index contributed by atoms with van der Waals surface area (Å²) in [6.07, 6.45) is 10.2. The van der Waals surface area contributed by atoms with Crippen LogP contribution >= 0.6 is 0 Å². The number of rotatable bonds is 22. The largest absolute Gasteiger partial charge is 0.494 e. The molecule has 0 bridgehead atoms. The summed E-state index contributed by atoms with van der Waals surface area (Å²) in [6.45, 7) is 14.1. The molecule has 2 saturated heterocycles. The zero-order valence-electron chi connectivity index (χ0n) is 29.5. The highest BCUT2D eigenvalue weighted by molar-refractivity contribution is 5.66. The lowest BCUT2D eigenvalue weighted by atomic mass is 9.90. The highest BCUT2D eigenvalue weighted by Crippen LogP contribution is 2.28. The Kier molecular flexibility index (Phi) is 14.0. The van der Waals surface area contributed by atoms with Crippen LogP contribution in [0.4, 0.5) is 17.1 Å². The van der Waals surface area contributed by atoms with E-state index >= 15 is 0 Å². The third-order valence-corrected chi connectivity index (χ3v) is 8.55. The van der Waals surface area contributed by atoms with Crippen molar-refractivity contribution in [3.05, 3.63) is 96.2 Å². The Bertz CT molecular complexity index is 1460. The van der Waals surface area contributed by atoms with Gasteiger partial charge in [0, 0.05) is 46.8 Å². The lowest BCUT2D eigenvalue weighted by Crippen LogP contribution is -2.43. The molecule has 8 nitrogen and oxygen atoms in total. The normalized spacial score (nSPS) is 16.5. The van der Waals surface area contributed by atoms with E-state index in [1.54, 1.807) is 0 Å². The first-order chi connectivity index (χ1) is 23.9. The van der Waals surface area contributed by atoms with Crippen molar-refractivity contribution in [3.63, 3.8) is 0 Å². The highest BCUT2D eigenvalue weighted by atomic mass is 16.5. The second kappa shape index (κ2) is 18.8. The van der Waals surface area contributed by atoms with E-state index in [4.69, 9.17) is 28.4 Å². The molecule has 5 rings (SSSR count). The number of benzene rings is 3. The highest BCUT2D eigenvalue weighted by Gasteiger charge is 2.34. The van der Waals surface area contributed by atoms with Crippen LogP contribution in [-0.2, 0) is 18.9 Å². The van der Waals surface area contributed by atoms with Crippen LogP contribution in [-0.4, -0.2) is 66.1 Å². The Morgan fingerprint density at radius 3 is 1.71 bits per heavy atom. The van der Waals surface area contributed by atoms with Crippen LogP contribution < -0.4 is 20.1 Å². The fourth-order valence-electron chi connectivity index (χ4n) is 5.42. The lowest BCUT2D eigenvalue weighted by Gasteiger charge is -2.37. The van der Waals surface area contributed by atoms with Gasteiger partial charge in [0.1, 0.15) is 11.5 Å². The van der Waals surface area contributed by atoms with Crippen molar-refractivity contribution in [2.75, 3.05) is 76.7 Å². The van der Waals surface area contributed by atoms with Gasteiger partial charge in [-0.2, -0.15) is 0 Å². The zero-order valence-corrected chi connectivity index (χ0v) is 29.5. The van der Waals surface area contributed by atoms with Gasteiger partial charge < -0.3 is 39.1 Å². The third kappa shape index (κ3) is 12.5. The van der Waals surface area contributed by atoms with E-state index < -0.39 is 0 Å². The van der Waals surface area contributed by atoms with Gasteiger partial charge in [-0.1, -0.05) is 38.1 Å². The molecule has 49 heavy (non-hydrogen) atoms. The van der Waals surface area contributed by atoms with Crippen molar-refractivity contribution in [2.45, 2.75) is 46.5 Å². The van der Waals surface area contributed by atoms with Gasteiger partial charge in [-0.3, -0.25) is 0 Å². The summed E-state index contributed by atoms with van der Waals surface area (Å²) in [6, 6.07) is 24.6. The van der Waals surface area contributed by atoms with E-state index in [0.717, 1.165) is 118 Å². The number of anilines is 3. The minimum Gasteiger partial charge on any atom is -0.494 e.